The van der Waals surface area contributed by atoms with Crippen LogP contribution in [0.2, 0.25) is 18.1 Å². The maximum Gasteiger partial charge on any atom is 0.249 e. The van der Waals surface area contributed by atoms with E-state index in [2.05, 4.69) is 73.3 Å². The minimum Gasteiger partial charge on any atom is -0.413 e. The van der Waals surface area contributed by atoms with Gasteiger partial charge in [-0.05, 0) is 80.6 Å². The number of hydrogen-bond donors (Lipinski definition) is 2. The fourth-order valence-corrected chi connectivity index (χ4v) is 6.77. The molecule has 1 saturated heterocycles. The second-order valence-corrected chi connectivity index (χ2v) is 16.9. The van der Waals surface area contributed by atoms with E-state index in [0.29, 0.717) is 11.6 Å². The highest BCUT2D eigenvalue weighted by atomic mass is 28.4. The van der Waals surface area contributed by atoms with Crippen LogP contribution in [0, 0.1) is 0 Å². The van der Waals surface area contributed by atoms with Crippen LogP contribution in [0.3, 0.4) is 0 Å². The number of nitrogens with one attached hydrogen (secondary N) is 2. The first kappa shape index (κ1) is 25.9. The van der Waals surface area contributed by atoms with Crippen molar-refractivity contribution in [3.8, 4) is 0 Å². The zero-order valence-corrected chi connectivity index (χ0v) is 23.9. The molecular formula is C29H41N5O2Si. The van der Waals surface area contributed by atoms with Gasteiger partial charge >= 0.3 is 0 Å². The third kappa shape index (κ3) is 5.60. The van der Waals surface area contributed by atoms with E-state index in [4.69, 9.17) is 14.4 Å². The van der Waals surface area contributed by atoms with Crippen molar-refractivity contribution in [1.82, 2.24) is 15.0 Å². The van der Waals surface area contributed by atoms with Gasteiger partial charge in [-0.3, -0.25) is 4.79 Å². The third-order valence-corrected chi connectivity index (χ3v) is 13.0. The summed E-state index contributed by atoms with van der Waals surface area (Å²) in [5.74, 6) is 0.681. The molecule has 1 aromatic carbocycles. The smallest absolute Gasteiger partial charge is 0.249 e. The topological polar surface area (TPSA) is 83.1 Å². The molecule has 1 aliphatic heterocycles. The zero-order chi connectivity index (χ0) is 26.2. The normalized spacial score (nSPS) is 20.9. The molecule has 1 aliphatic carbocycles. The summed E-state index contributed by atoms with van der Waals surface area (Å²) in [6.07, 6.45) is 7.13. The van der Waals surface area contributed by atoms with Crippen molar-refractivity contribution in [3.05, 3.63) is 52.4 Å². The van der Waals surface area contributed by atoms with Crippen LogP contribution >= 0.6 is 0 Å². The lowest BCUT2D eigenvalue weighted by Gasteiger charge is -2.40. The lowest BCUT2D eigenvalue weighted by Crippen LogP contribution is -2.44. The van der Waals surface area contributed by atoms with Gasteiger partial charge in [-0.2, -0.15) is 4.98 Å². The second kappa shape index (κ2) is 10.2. The number of nitrogens with zero attached hydrogens (tertiary/aromatic N) is 3. The molecule has 7 nitrogen and oxygen atoms in total. The minimum atomic E-state index is -1.94. The van der Waals surface area contributed by atoms with Crippen LogP contribution in [0.5, 0.6) is 0 Å². The number of H-pyrrole nitrogens is 1. The van der Waals surface area contributed by atoms with Crippen molar-refractivity contribution in [1.29, 1.82) is 0 Å². The molecule has 2 aromatic heterocycles. The van der Waals surface area contributed by atoms with Crippen molar-refractivity contribution in [3.63, 3.8) is 0 Å². The van der Waals surface area contributed by atoms with Gasteiger partial charge in [-0.15, -0.1) is 0 Å². The Balaban J connectivity index is 1.45. The Bertz CT molecular complexity index is 1290. The van der Waals surface area contributed by atoms with Crippen molar-refractivity contribution >= 4 is 36.7 Å². The fourth-order valence-electron chi connectivity index (χ4n) is 5.37. The Morgan fingerprint density at radius 1 is 0.973 bits per heavy atom. The van der Waals surface area contributed by atoms with E-state index >= 15 is 0 Å². The molecule has 0 bridgehead atoms. The first-order valence-corrected chi connectivity index (χ1v) is 16.7. The molecule has 3 aromatic rings. The molecule has 5 rings (SSSR count). The van der Waals surface area contributed by atoms with Crippen LogP contribution in [0.25, 0.3) is 11.0 Å². The lowest BCUT2D eigenvalue weighted by atomic mass is 9.98. The average Bonchev–Trinajstić information content (AvgIpc) is 3.31. The van der Waals surface area contributed by atoms with Crippen LogP contribution < -0.4 is 15.8 Å². The highest BCUT2D eigenvalue weighted by Crippen LogP contribution is 2.44. The van der Waals surface area contributed by atoms with Gasteiger partial charge in [-0.1, -0.05) is 27.2 Å². The van der Waals surface area contributed by atoms with E-state index in [0.717, 1.165) is 49.1 Å². The number of piperidine rings is 1. The number of anilines is 3. The molecule has 1 saturated carbocycles. The molecule has 0 spiro atoms. The summed E-state index contributed by atoms with van der Waals surface area (Å²) in [5.41, 5.74) is 3.57. The molecule has 8 heteroatoms. The van der Waals surface area contributed by atoms with E-state index in [1.165, 1.54) is 24.9 Å². The van der Waals surface area contributed by atoms with Crippen molar-refractivity contribution in [2.45, 2.75) is 89.5 Å². The number of aromatic nitrogens is 3. The Kier molecular flexibility index (Phi) is 7.15. The quantitative estimate of drug-likeness (QED) is 0.352. The molecule has 2 aliphatic rings. The Hall–Kier alpha value is -2.71. The highest BCUT2D eigenvalue weighted by Gasteiger charge is 2.43. The largest absolute Gasteiger partial charge is 0.413 e. The van der Waals surface area contributed by atoms with Crippen LogP contribution in [-0.2, 0) is 4.43 Å². The SMILES string of the molecule is CC(C)(C)[Si](C)(C)OC1CCCC1c1nc(Nc2ccc(N3CCCCC3)cc2)nc2[nH]c(=O)ccc12. The van der Waals surface area contributed by atoms with Gasteiger partial charge in [0.2, 0.25) is 11.5 Å². The Labute approximate surface area is 221 Å². The van der Waals surface area contributed by atoms with Crippen molar-refractivity contribution in [2.24, 2.45) is 0 Å². The minimum absolute atomic E-state index is 0.127. The highest BCUT2D eigenvalue weighted by molar-refractivity contribution is 6.74. The van der Waals surface area contributed by atoms with E-state index < -0.39 is 8.32 Å². The summed E-state index contributed by atoms with van der Waals surface area (Å²) in [7, 11) is -1.94. The number of rotatable bonds is 6. The summed E-state index contributed by atoms with van der Waals surface area (Å²) in [6.45, 7) is 13.7. The number of fused-ring (bicyclic) bond motifs is 1. The second-order valence-electron chi connectivity index (χ2n) is 12.2. The molecule has 2 N–H and O–H groups in total. The van der Waals surface area contributed by atoms with Crippen LogP contribution in [0.4, 0.5) is 17.3 Å². The van der Waals surface area contributed by atoms with Crippen LogP contribution in [-0.4, -0.2) is 42.5 Å². The van der Waals surface area contributed by atoms with Crippen molar-refractivity contribution in [2.75, 3.05) is 23.3 Å². The molecular weight excluding hydrogens is 478 g/mol. The monoisotopic (exact) mass is 519 g/mol. The summed E-state index contributed by atoms with van der Waals surface area (Å²) in [6, 6.07) is 11.9. The molecule has 0 radical (unpaired) electrons. The maximum atomic E-state index is 12.2. The average molecular weight is 520 g/mol. The standard InChI is InChI=1S/C29H41N5O2Si/c1-29(2,3)37(4,5)36-24-11-9-10-22(24)26-23-16-17-25(35)31-27(23)33-28(32-26)30-20-12-14-21(15-13-20)34-18-7-6-8-19-34/h12-17,22,24H,6-11,18-19H2,1-5H3,(H2,30,31,32,33,35). The van der Waals surface area contributed by atoms with E-state index in [1.807, 2.05) is 6.07 Å². The summed E-state index contributed by atoms with van der Waals surface area (Å²) >= 11 is 0. The van der Waals surface area contributed by atoms with E-state index in [1.54, 1.807) is 6.07 Å². The molecule has 2 fully saturated rings. The van der Waals surface area contributed by atoms with Crippen LogP contribution in [0.1, 0.15) is 70.9 Å². The van der Waals surface area contributed by atoms with Crippen LogP contribution in [0.15, 0.2) is 41.2 Å². The molecule has 198 valence electrons. The van der Waals surface area contributed by atoms with Gasteiger partial charge in [0.15, 0.2) is 8.32 Å². The predicted molar refractivity (Wildman–Crippen MR) is 155 cm³/mol. The predicted octanol–water partition coefficient (Wildman–Crippen LogP) is 6.71. The molecule has 2 unspecified atom stereocenters. The van der Waals surface area contributed by atoms with Gasteiger partial charge < -0.3 is 19.6 Å². The number of hydrogen-bond acceptors (Lipinski definition) is 6. The number of aromatic amines is 1. The fraction of sp³-hybridized carbons (Fsp3) is 0.552. The molecule has 37 heavy (non-hydrogen) atoms. The van der Waals surface area contributed by atoms with Gasteiger partial charge in [0.25, 0.3) is 0 Å². The van der Waals surface area contributed by atoms with E-state index in [-0.39, 0.29) is 22.6 Å². The van der Waals surface area contributed by atoms with Gasteiger partial charge in [0.05, 0.1) is 11.8 Å². The molecule has 0 amide bonds. The summed E-state index contributed by atoms with van der Waals surface area (Å²) in [5, 5.41) is 4.45. The Morgan fingerprint density at radius 3 is 2.41 bits per heavy atom. The first-order valence-electron chi connectivity index (χ1n) is 13.8. The Morgan fingerprint density at radius 2 is 1.70 bits per heavy atom. The first-order chi connectivity index (χ1) is 17.6. The number of benzene rings is 1. The van der Waals surface area contributed by atoms with Gasteiger partial charge in [-0.25, -0.2) is 4.98 Å². The zero-order valence-electron chi connectivity index (χ0n) is 22.9. The van der Waals surface area contributed by atoms with Gasteiger partial charge in [0.1, 0.15) is 5.65 Å². The maximum absolute atomic E-state index is 12.2. The lowest BCUT2D eigenvalue weighted by molar-refractivity contribution is 0.169. The third-order valence-electron chi connectivity index (χ3n) is 8.52. The summed E-state index contributed by atoms with van der Waals surface area (Å²) < 4.78 is 6.91. The van der Waals surface area contributed by atoms with E-state index in [9.17, 15) is 4.79 Å². The molecule has 3 heterocycles. The van der Waals surface area contributed by atoms with Gasteiger partial charge in [0, 0.05) is 41.8 Å². The number of pyridine rings is 1. The molecule has 2 atom stereocenters. The summed E-state index contributed by atoms with van der Waals surface area (Å²) in [4.78, 5) is 27.3. The van der Waals surface area contributed by atoms with Crippen molar-refractivity contribution < 1.29 is 4.43 Å².